The van der Waals surface area contributed by atoms with Gasteiger partial charge in [-0.2, -0.15) is 0 Å². The second-order valence-electron chi connectivity index (χ2n) is 4.43. The number of anilines is 1. The van der Waals surface area contributed by atoms with Crippen molar-refractivity contribution in [2.75, 3.05) is 5.32 Å². The van der Waals surface area contributed by atoms with Gasteiger partial charge in [0.15, 0.2) is 0 Å². The van der Waals surface area contributed by atoms with E-state index in [0.717, 1.165) is 5.56 Å². The Hall–Kier alpha value is -2.95. The van der Waals surface area contributed by atoms with Crippen LogP contribution >= 0.6 is 0 Å². The standard InChI is InChI=1S/C15H9NO4/c17-13-11-5-4-9(7-12(11)16-14(13)18)8-2-1-3-10(6-8)15(19)20/h1-7H,(H,19,20)(H,16,17,18). The molecular weight excluding hydrogens is 258 g/mol. The number of Topliss-reactive ketones (excluding diaryl/α,β-unsaturated/α-hetero) is 1. The summed E-state index contributed by atoms with van der Waals surface area (Å²) < 4.78 is 0. The van der Waals surface area contributed by atoms with Crippen molar-refractivity contribution >= 4 is 23.3 Å². The monoisotopic (exact) mass is 267 g/mol. The second kappa shape index (κ2) is 4.31. The first-order valence-corrected chi connectivity index (χ1v) is 5.90. The number of carbonyl (C=O) groups is 3. The Morgan fingerprint density at radius 3 is 2.50 bits per heavy atom. The van der Waals surface area contributed by atoms with Crippen molar-refractivity contribution in [3.8, 4) is 11.1 Å². The summed E-state index contributed by atoms with van der Waals surface area (Å²) in [5.41, 5.74) is 2.43. The molecule has 0 aliphatic carbocycles. The molecule has 5 heteroatoms. The fourth-order valence-corrected chi connectivity index (χ4v) is 2.16. The predicted molar refractivity (Wildman–Crippen MR) is 71.8 cm³/mol. The van der Waals surface area contributed by atoms with Crippen molar-refractivity contribution in [3.63, 3.8) is 0 Å². The van der Waals surface area contributed by atoms with Crippen LogP contribution in [0.15, 0.2) is 42.5 Å². The molecule has 0 bridgehead atoms. The van der Waals surface area contributed by atoms with E-state index in [1.807, 2.05) is 0 Å². The SMILES string of the molecule is O=C1Nc2cc(-c3cccc(C(=O)O)c3)ccc2C1=O. The van der Waals surface area contributed by atoms with Gasteiger partial charge in [0.25, 0.3) is 11.7 Å². The van der Waals surface area contributed by atoms with Gasteiger partial charge in [-0.25, -0.2) is 4.79 Å². The molecule has 0 unspecified atom stereocenters. The van der Waals surface area contributed by atoms with Gasteiger partial charge >= 0.3 is 5.97 Å². The number of hydrogen-bond donors (Lipinski definition) is 2. The molecule has 0 radical (unpaired) electrons. The van der Waals surface area contributed by atoms with Crippen molar-refractivity contribution in [1.29, 1.82) is 0 Å². The average molecular weight is 267 g/mol. The Balaban J connectivity index is 2.07. The lowest BCUT2D eigenvalue weighted by molar-refractivity contribution is -0.112. The van der Waals surface area contributed by atoms with Crippen LogP contribution in [0.3, 0.4) is 0 Å². The van der Waals surface area contributed by atoms with Gasteiger partial charge in [0.2, 0.25) is 0 Å². The zero-order chi connectivity index (χ0) is 14.3. The zero-order valence-electron chi connectivity index (χ0n) is 10.2. The third kappa shape index (κ3) is 1.85. The van der Waals surface area contributed by atoms with E-state index in [9.17, 15) is 14.4 Å². The Labute approximate surface area is 113 Å². The van der Waals surface area contributed by atoms with Gasteiger partial charge in [0.1, 0.15) is 0 Å². The molecule has 0 fully saturated rings. The number of hydrogen-bond acceptors (Lipinski definition) is 3. The van der Waals surface area contributed by atoms with Gasteiger partial charge in [-0.05, 0) is 35.4 Å². The minimum absolute atomic E-state index is 0.183. The van der Waals surface area contributed by atoms with Gasteiger partial charge in [0, 0.05) is 0 Å². The van der Waals surface area contributed by atoms with E-state index >= 15 is 0 Å². The first-order chi connectivity index (χ1) is 9.56. The summed E-state index contributed by atoms with van der Waals surface area (Å²) in [4.78, 5) is 33.7. The topological polar surface area (TPSA) is 83.5 Å². The quantitative estimate of drug-likeness (QED) is 0.817. The van der Waals surface area contributed by atoms with Crippen molar-refractivity contribution in [2.45, 2.75) is 0 Å². The maximum absolute atomic E-state index is 11.5. The van der Waals surface area contributed by atoms with E-state index in [1.165, 1.54) is 6.07 Å². The van der Waals surface area contributed by atoms with Crippen molar-refractivity contribution in [1.82, 2.24) is 0 Å². The fourth-order valence-electron chi connectivity index (χ4n) is 2.16. The number of amides is 1. The number of benzene rings is 2. The molecular formula is C15H9NO4. The molecule has 0 saturated heterocycles. The first kappa shape index (κ1) is 12.1. The van der Waals surface area contributed by atoms with E-state index in [1.54, 1.807) is 36.4 Å². The van der Waals surface area contributed by atoms with E-state index < -0.39 is 17.7 Å². The first-order valence-electron chi connectivity index (χ1n) is 5.90. The predicted octanol–water partition coefficient (Wildman–Crippen LogP) is 2.19. The summed E-state index contributed by atoms with van der Waals surface area (Å²) in [6.07, 6.45) is 0. The molecule has 2 N–H and O–H groups in total. The van der Waals surface area contributed by atoms with Crippen LogP contribution in [0.25, 0.3) is 11.1 Å². The molecule has 98 valence electrons. The van der Waals surface area contributed by atoms with E-state index in [4.69, 9.17) is 5.11 Å². The Morgan fingerprint density at radius 1 is 1.00 bits per heavy atom. The highest BCUT2D eigenvalue weighted by molar-refractivity contribution is 6.51. The van der Waals surface area contributed by atoms with Crippen LogP contribution in [0, 0.1) is 0 Å². The molecule has 0 atom stereocenters. The maximum atomic E-state index is 11.5. The maximum Gasteiger partial charge on any atom is 0.335 e. The van der Waals surface area contributed by atoms with Gasteiger partial charge < -0.3 is 10.4 Å². The number of carboxylic acids is 1. The second-order valence-corrected chi connectivity index (χ2v) is 4.43. The highest BCUT2D eigenvalue weighted by atomic mass is 16.4. The zero-order valence-corrected chi connectivity index (χ0v) is 10.2. The van der Waals surface area contributed by atoms with Crippen LogP contribution in [0.5, 0.6) is 0 Å². The lowest BCUT2D eigenvalue weighted by Gasteiger charge is -2.05. The molecule has 1 aliphatic rings. The number of rotatable bonds is 2. The van der Waals surface area contributed by atoms with Crippen LogP contribution < -0.4 is 5.32 Å². The summed E-state index contributed by atoms with van der Waals surface area (Å²) >= 11 is 0. The Bertz CT molecular complexity index is 764. The van der Waals surface area contributed by atoms with Crippen LogP contribution in [-0.4, -0.2) is 22.8 Å². The number of carboxylic acid groups (broad SMARTS) is 1. The van der Waals surface area contributed by atoms with Gasteiger partial charge in [-0.15, -0.1) is 0 Å². The molecule has 0 saturated carbocycles. The number of nitrogens with one attached hydrogen (secondary N) is 1. The molecule has 2 aromatic rings. The van der Waals surface area contributed by atoms with Crippen LogP contribution in [0.1, 0.15) is 20.7 Å². The van der Waals surface area contributed by atoms with E-state index in [-0.39, 0.29) is 5.56 Å². The lowest BCUT2D eigenvalue weighted by Crippen LogP contribution is -2.12. The summed E-state index contributed by atoms with van der Waals surface area (Å²) in [5, 5.41) is 11.5. The lowest BCUT2D eigenvalue weighted by atomic mass is 10.0. The number of aromatic carboxylic acids is 1. The summed E-state index contributed by atoms with van der Waals surface area (Å²) in [6, 6.07) is 11.4. The average Bonchev–Trinajstić information content (AvgIpc) is 2.74. The molecule has 1 amide bonds. The number of carbonyl (C=O) groups excluding carboxylic acids is 2. The summed E-state index contributed by atoms with van der Waals surface area (Å²) in [7, 11) is 0. The van der Waals surface area contributed by atoms with Gasteiger partial charge in [0.05, 0.1) is 16.8 Å². The fraction of sp³-hybridized carbons (Fsp3) is 0. The number of fused-ring (bicyclic) bond motifs is 1. The molecule has 20 heavy (non-hydrogen) atoms. The van der Waals surface area contributed by atoms with Crippen molar-refractivity contribution < 1.29 is 19.5 Å². The normalized spacial score (nSPS) is 13.0. The third-order valence-corrected chi connectivity index (χ3v) is 3.16. The molecule has 1 aliphatic heterocycles. The minimum atomic E-state index is -1.00. The highest BCUT2D eigenvalue weighted by Gasteiger charge is 2.27. The third-order valence-electron chi connectivity index (χ3n) is 3.16. The largest absolute Gasteiger partial charge is 0.478 e. The van der Waals surface area contributed by atoms with Crippen molar-refractivity contribution in [3.05, 3.63) is 53.6 Å². The van der Waals surface area contributed by atoms with Gasteiger partial charge in [-0.1, -0.05) is 18.2 Å². The molecule has 3 rings (SSSR count). The van der Waals surface area contributed by atoms with Crippen molar-refractivity contribution in [2.24, 2.45) is 0 Å². The molecule has 2 aromatic carbocycles. The molecule has 0 aromatic heterocycles. The highest BCUT2D eigenvalue weighted by Crippen LogP contribution is 2.29. The van der Waals surface area contributed by atoms with E-state index in [2.05, 4.69) is 5.32 Å². The molecule has 1 heterocycles. The van der Waals surface area contributed by atoms with Crippen LogP contribution in [0.2, 0.25) is 0 Å². The van der Waals surface area contributed by atoms with E-state index in [0.29, 0.717) is 16.8 Å². The Kier molecular flexibility index (Phi) is 2.61. The Morgan fingerprint density at radius 2 is 1.75 bits per heavy atom. The number of ketones is 1. The smallest absolute Gasteiger partial charge is 0.335 e. The van der Waals surface area contributed by atoms with Crippen LogP contribution in [-0.2, 0) is 4.79 Å². The molecule has 0 spiro atoms. The minimum Gasteiger partial charge on any atom is -0.478 e. The van der Waals surface area contributed by atoms with Crippen LogP contribution in [0.4, 0.5) is 5.69 Å². The molecule has 5 nitrogen and oxygen atoms in total. The summed E-state index contributed by atoms with van der Waals surface area (Å²) in [6.45, 7) is 0. The van der Waals surface area contributed by atoms with Gasteiger partial charge in [-0.3, -0.25) is 9.59 Å². The summed E-state index contributed by atoms with van der Waals surface area (Å²) in [5.74, 6) is -2.20.